The van der Waals surface area contributed by atoms with E-state index in [1.165, 1.54) is 0 Å². The van der Waals surface area contributed by atoms with Gasteiger partial charge in [0.15, 0.2) is 0 Å². The number of aromatic amines is 1. The Labute approximate surface area is 152 Å². The molecule has 0 radical (unpaired) electrons. The molecule has 2 aromatic rings. The van der Waals surface area contributed by atoms with Crippen LogP contribution in [0.5, 0.6) is 17.4 Å². The molecule has 7 nitrogen and oxygen atoms in total. The molecular formula is C19H22N4O3. The van der Waals surface area contributed by atoms with Crippen LogP contribution < -0.4 is 19.9 Å². The van der Waals surface area contributed by atoms with Crippen molar-refractivity contribution in [2.75, 3.05) is 14.2 Å². The minimum atomic E-state index is -0.471. The second-order valence-electron chi connectivity index (χ2n) is 7.10. The summed E-state index contributed by atoms with van der Waals surface area (Å²) in [4.78, 5) is 0. The predicted octanol–water partition coefficient (Wildman–Crippen LogP) is 2.94. The van der Waals surface area contributed by atoms with Gasteiger partial charge in [-0.2, -0.15) is 5.26 Å². The van der Waals surface area contributed by atoms with Gasteiger partial charge in [0.25, 0.3) is 0 Å². The molecular weight excluding hydrogens is 332 g/mol. The smallest absolute Gasteiger partial charge is 0.244 e. The molecule has 136 valence electrons. The van der Waals surface area contributed by atoms with E-state index in [2.05, 4.69) is 37.0 Å². The highest BCUT2D eigenvalue weighted by molar-refractivity contribution is 5.60. The summed E-state index contributed by atoms with van der Waals surface area (Å²) in [5, 5.41) is 17.1. The molecule has 1 aromatic heterocycles. The van der Waals surface area contributed by atoms with Crippen LogP contribution in [0.4, 0.5) is 0 Å². The summed E-state index contributed by atoms with van der Waals surface area (Å²) in [5.74, 6) is 1.24. The largest absolute Gasteiger partial charge is 0.497 e. The summed E-state index contributed by atoms with van der Waals surface area (Å²) < 4.78 is 16.5. The maximum absolute atomic E-state index is 9.77. The van der Waals surface area contributed by atoms with E-state index in [0.29, 0.717) is 23.0 Å². The molecule has 0 aliphatic carbocycles. The van der Waals surface area contributed by atoms with Crippen LogP contribution in [0.25, 0.3) is 0 Å². The van der Waals surface area contributed by atoms with Crippen molar-refractivity contribution in [3.63, 3.8) is 0 Å². The number of rotatable bonds is 3. The summed E-state index contributed by atoms with van der Waals surface area (Å²) >= 11 is 0. The van der Waals surface area contributed by atoms with Crippen molar-refractivity contribution in [2.45, 2.75) is 32.1 Å². The van der Waals surface area contributed by atoms with Gasteiger partial charge in [-0.15, -0.1) is 5.10 Å². The number of hydrogen-bond donors (Lipinski definition) is 2. The van der Waals surface area contributed by atoms with Gasteiger partial charge in [0.1, 0.15) is 23.1 Å². The molecule has 26 heavy (non-hydrogen) atoms. The number of nitrogens with zero attached hydrogens (tertiary/aromatic N) is 2. The highest BCUT2D eigenvalue weighted by Crippen LogP contribution is 2.48. The highest BCUT2D eigenvalue weighted by atomic mass is 16.5. The zero-order chi connectivity index (χ0) is 19.1. The summed E-state index contributed by atoms with van der Waals surface area (Å²) in [5.41, 5.74) is 8.53. The van der Waals surface area contributed by atoms with Crippen molar-refractivity contribution in [1.29, 1.82) is 5.26 Å². The molecule has 0 fully saturated rings. The van der Waals surface area contributed by atoms with Crippen LogP contribution in [0.1, 0.15) is 43.5 Å². The average molecular weight is 354 g/mol. The zero-order valence-electron chi connectivity index (χ0n) is 15.5. The minimum absolute atomic E-state index is 0.0434. The lowest BCUT2D eigenvalue weighted by atomic mass is 9.78. The lowest BCUT2D eigenvalue weighted by Gasteiger charge is -2.28. The molecule has 0 saturated heterocycles. The Morgan fingerprint density at radius 3 is 2.58 bits per heavy atom. The van der Waals surface area contributed by atoms with Crippen LogP contribution in [0, 0.1) is 11.3 Å². The van der Waals surface area contributed by atoms with E-state index < -0.39 is 5.92 Å². The lowest BCUT2D eigenvalue weighted by molar-refractivity contribution is 0.372. The second kappa shape index (κ2) is 6.30. The van der Waals surface area contributed by atoms with Crippen molar-refractivity contribution in [3.8, 4) is 23.4 Å². The molecule has 0 saturated carbocycles. The SMILES string of the molecule is COc1ccc(OC)c([C@H]2C(C#N)=C(N)Oc3n[nH]c(C(C)(C)C)c32)c1. The van der Waals surface area contributed by atoms with Crippen molar-refractivity contribution >= 4 is 0 Å². The van der Waals surface area contributed by atoms with Crippen molar-refractivity contribution in [2.24, 2.45) is 5.73 Å². The van der Waals surface area contributed by atoms with Crippen LogP contribution in [0.3, 0.4) is 0 Å². The third kappa shape index (κ3) is 2.73. The molecule has 0 amide bonds. The molecule has 0 spiro atoms. The number of hydrogen-bond acceptors (Lipinski definition) is 6. The van der Waals surface area contributed by atoms with Crippen LogP contribution in [0.2, 0.25) is 0 Å². The first-order chi connectivity index (χ1) is 12.3. The van der Waals surface area contributed by atoms with Crippen molar-refractivity contribution in [1.82, 2.24) is 10.2 Å². The van der Waals surface area contributed by atoms with E-state index in [-0.39, 0.29) is 11.3 Å². The van der Waals surface area contributed by atoms with Crippen LogP contribution in [-0.2, 0) is 5.41 Å². The summed E-state index contributed by atoms with van der Waals surface area (Å²) in [6.45, 7) is 6.19. The van der Waals surface area contributed by atoms with Gasteiger partial charge in [-0.3, -0.25) is 5.10 Å². The van der Waals surface area contributed by atoms with E-state index >= 15 is 0 Å². The monoisotopic (exact) mass is 354 g/mol. The minimum Gasteiger partial charge on any atom is -0.497 e. The molecule has 3 rings (SSSR count). The van der Waals surface area contributed by atoms with Gasteiger partial charge in [0.2, 0.25) is 11.8 Å². The fraction of sp³-hybridized carbons (Fsp3) is 0.368. The average Bonchev–Trinajstić information content (AvgIpc) is 3.03. The topological polar surface area (TPSA) is 106 Å². The van der Waals surface area contributed by atoms with Gasteiger partial charge in [0.05, 0.1) is 25.7 Å². The van der Waals surface area contributed by atoms with Gasteiger partial charge in [-0.1, -0.05) is 20.8 Å². The van der Waals surface area contributed by atoms with E-state index in [9.17, 15) is 5.26 Å². The van der Waals surface area contributed by atoms with E-state index in [1.807, 2.05) is 18.2 Å². The number of nitriles is 1. The summed E-state index contributed by atoms with van der Waals surface area (Å²) in [6.07, 6.45) is 0. The molecule has 1 aromatic carbocycles. The third-order valence-corrected chi connectivity index (χ3v) is 4.44. The molecule has 2 heterocycles. The molecule has 0 bridgehead atoms. The molecule has 1 atom stereocenters. The summed E-state index contributed by atoms with van der Waals surface area (Å²) in [6, 6.07) is 7.66. The maximum atomic E-state index is 9.77. The van der Waals surface area contributed by atoms with E-state index in [4.69, 9.17) is 19.9 Å². The Morgan fingerprint density at radius 1 is 1.27 bits per heavy atom. The Kier molecular flexibility index (Phi) is 4.28. The van der Waals surface area contributed by atoms with Gasteiger partial charge in [0, 0.05) is 16.7 Å². The molecule has 1 aliphatic heterocycles. The lowest BCUT2D eigenvalue weighted by Crippen LogP contribution is -2.24. The number of aromatic nitrogens is 2. The number of H-pyrrole nitrogens is 1. The first-order valence-electron chi connectivity index (χ1n) is 8.20. The van der Waals surface area contributed by atoms with Crippen LogP contribution >= 0.6 is 0 Å². The molecule has 0 unspecified atom stereocenters. The Bertz CT molecular complexity index is 916. The van der Waals surface area contributed by atoms with E-state index in [1.54, 1.807) is 14.2 Å². The number of nitrogens with two attached hydrogens (primary N) is 1. The number of benzene rings is 1. The molecule has 1 aliphatic rings. The quantitative estimate of drug-likeness (QED) is 0.878. The summed E-state index contributed by atoms with van der Waals surface area (Å²) in [7, 11) is 3.18. The predicted molar refractivity (Wildman–Crippen MR) is 96.1 cm³/mol. The van der Waals surface area contributed by atoms with Crippen molar-refractivity contribution in [3.05, 3.63) is 46.5 Å². The van der Waals surface area contributed by atoms with E-state index in [0.717, 1.165) is 16.8 Å². The molecule has 7 heteroatoms. The fourth-order valence-electron chi connectivity index (χ4n) is 3.19. The fourth-order valence-corrected chi connectivity index (χ4v) is 3.19. The molecule has 3 N–H and O–H groups in total. The maximum Gasteiger partial charge on any atom is 0.244 e. The van der Waals surface area contributed by atoms with Gasteiger partial charge < -0.3 is 19.9 Å². The highest BCUT2D eigenvalue weighted by Gasteiger charge is 2.39. The Morgan fingerprint density at radius 2 is 2.00 bits per heavy atom. The second-order valence-corrected chi connectivity index (χ2v) is 7.10. The number of ether oxygens (including phenoxy) is 3. The number of methoxy groups -OCH3 is 2. The first kappa shape index (κ1) is 17.7. The van der Waals surface area contributed by atoms with Crippen LogP contribution in [-0.4, -0.2) is 24.4 Å². The standard InChI is InChI=1S/C19H22N4O3/c1-19(2,3)16-15-14(11-8-10(24-4)6-7-13(11)25-5)12(9-20)17(21)26-18(15)23-22-16/h6-8,14H,21H2,1-5H3,(H,22,23)/t14-/m0/s1. The third-order valence-electron chi connectivity index (χ3n) is 4.44. The van der Waals surface area contributed by atoms with Crippen LogP contribution in [0.15, 0.2) is 29.7 Å². The van der Waals surface area contributed by atoms with Gasteiger partial charge in [-0.05, 0) is 18.2 Å². The van der Waals surface area contributed by atoms with Gasteiger partial charge in [-0.25, -0.2) is 0 Å². The van der Waals surface area contributed by atoms with Gasteiger partial charge >= 0.3 is 0 Å². The zero-order valence-corrected chi connectivity index (χ0v) is 15.5. The first-order valence-corrected chi connectivity index (χ1v) is 8.20. The number of nitrogens with one attached hydrogen (secondary N) is 1. The Balaban J connectivity index is 2.33. The number of fused-ring (bicyclic) bond motifs is 1. The normalized spacial score (nSPS) is 16.5. The van der Waals surface area contributed by atoms with Crippen molar-refractivity contribution < 1.29 is 14.2 Å². The number of allylic oxidation sites excluding steroid dienone is 1. The Hall–Kier alpha value is -3.14.